The molecule has 2 rings (SSSR count). The average molecular weight is 275 g/mol. The Morgan fingerprint density at radius 3 is 3.07 bits per heavy atom. The van der Waals surface area contributed by atoms with Gasteiger partial charge in [-0.25, -0.2) is 0 Å². The summed E-state index contributed by atoms with van der Waals surface area (Å²) in [5.74, 6) is 0.112. The molecule has 0 radical (unpaired) electrons. The summed E-state index contributed by atoms with van der Waals surface area (Å²) in [6, 6.07) is 2.07. The number of hydrogen-bond acceptors (Lipinski definition) is 3. The first-order valence-electron chi connectivity index (χ1n) is 4.50. The van der Waals surface area contributed by atoms with Crippen LogP contribution in [0, 0.1) is 0 Å². The fourth-order valence-corrected chi connectivity index (χ4v) is 2.65. The van der Waals surface area contributed by atoms with Crippen LogP contribution in [0.2, 0.25) is 0 Å². The minimum Gasteiger partial charge on any atom is -0.350 e. The molecule has 0 spiro atoms. The summed E-state index contributed by atoms with van der Waals surface area (Å²) in [7, 11) is 0. The van der Waals surface area contributed by atoms with Crippen LogP contribution in [-0.4, -0.2) is 18.5 Å². The smallest absolute Gasteiger partial charge is 0.237 e. The van der Waals surface area contributed by atoms with Crippen LogP contribution in [0.4, 0.5) is 0 Å². The molecule has 1 aromatic heterocycles. The zero-order valence-electron chi connectivity index (χ0n) is 7.55. The number of carbonyl (C=O) groups excluding carboxylic acids is 1. The van der Waals surface area contributed by atoms with E-state index in [0.717, 1.165) is 17.4 Å². The van der Waals surface area contributed by atoms with Crippen LogP contribution in [0.25, 0.3) is 0 Å². The van der Waals surface area contributed by atoms with Crippen LogP contribution in [0.15, 0.2) is 15.9 Å². The highest BCUT2D eigenvalue weighted by Gasteiger charge is 2.23. The van der Waals surface area contributed by atoms with Crippen molar-refractivity contribution < 1.29 is 4.79 Å². The number of halogens is 1. The Bertz CT molecular complexity index is 335. The van der Waals surface area contributed by atoms with Crippen molar-refractivity contribution in [1.82, 2.24) is 10.6 Å². The minimum atomic E-state index is 0.0402. The van der Waals surface area contributed by atoms with E-state index in [1.54, 1.807) is 11.3 Å². The maximum atomic E-state index is 11.4. The predicted molar refractivity (Wildman–Crippen MR) is 60.3 cm³/mol. The van der Waals surface area contributed by atoms with Crippen molar-refractivity contribution in [3.63, 3.8) is 0 Å². The number of thiophene rings is 1. The molecule has 0 aliphatic carbocycles. The quantitative estimate of drug-likeness (QED) is 0.877. The van der Waals surface area contributed by atoms with Crippen molar-refractivity contribution in [2.75, 3.05) is 6.54 Å². The Morgan fingerprint density at radius 1 is 1.79 bits per heavy atom. The molecule has 0 aromatic carbocycles. The maximum Gasteiger partial charge on any atom is 0.237 e. The molecule has 1 aliphatic heterocycles. The molecule has 2 heterocycles. The maximum absolute atomic E-state index is 11.4. The fraction of sp³-hybridized carbons (Fsp3) is 0.444. The number of rotatable bonds is 3. The third kappa shape index (κ3) is 2.34. The molecular weight excluding hydrogens is 264 g/mol. The summed E-state index contributed by atoms with van der Waals surface area (Å²) in [6.45, 7) is 1.59. The van der Waals surface area contributed by atoms with E-state index in [0.29, 0.717) is 6.54 Å². The van der Waals surface area contributed by atoms with Gasteiger partial charge in [0.2, 0.25) is 5.91 Å². The standard InChI is InChI=1S/C9H11BrN2OS/c10-6-3-7(14-5-6)4-12-9(13)8-1-2-11-8/h3,5,8,11H,1-2,4H2,(H,12,13)/t8-/m1/s1. The van der Waals surface area contributed by atoms with E-state index in [9.17, 15) is 4.79 Å². The molecule has 1 amide bonds. The van der Waals surface area contributed by atoms with Gasteiger partial charge in [0.25, 0.3) is 0 Å². The largest absolute Gasteiger partial charge is 0.350 e. The molecule has 3 nitrogen and oxygen atoms in total. The minimum absolute atomic E-state index is 0.0402. The number of amides is 1. The lowest BCUT2D eigenvalue weighted by molar-refractivity contribution is -0.124. The number of nitrogens with one attached hydrogen (secondary N) is 2. The van der Waals surface area contributed by atoms with Crippen LogP contribution in [0.5, 0.6) is 0 Å². The average Bonchev–Trinajstić information content (AvgIpc) is 2.45. The zero-order chi connectivity index (χ0) is 9.97. The first kappa shape index (κ1) is 10.1. The summed E-state index contributed by atoms with van der Waals surface area (Å²) in [6.07, 6.45) is 0.958. The van der Waals surface area contributed by atoms with Crippen LogP contribution in [0.3, 0.4) is 0 Å². The SMILES string of the molecule is O=C(NCc1cc(Br)cs1)[C@H]1CCN1. The highest BCUT2D eigenvalue weighted by Crippen LogP contribution is 2.19. The molecule has 0 unspecified atom stereocenters. The lowest BCUT2D eigenvalue weighted by Crippen LogP contribution is -2.52. The predicted octanol–water partition coefficient (Wildman–Crippen LogP) is 1.49. The van der Waals surface area contributed by atoms with Gasteiger partial charge in [0.05, 0.1) is 12.6 Å². The lowest BCUT2D eigenvalue weighted by atomic mass is 10.1. The van der Waals surface area contributed by atoms with Gasteiger partial charge in [0.15, 0.2) is 0 Å². The third-order valence-corrected chi connectivity index (χ3v) is 3.90. The Balaban J connectivity index is 1.79. The Hall–Kier alpha value is -0.390. The Morgan fingerprint density at radius 2 is 2.57 bits per heavy atom. The first-order chi connectivity index (χ1) is 6.75. The van der Waals surface area contributed by atoms with E-state index in [1.165, 1.54) is 4.88 Å². The lowest BCUT2D eigenvalue weighted by Gasteiger charge is -2.26. The fourth-order valence-electron chi connectivity index (χ4n) is 1.26. The molecule has 76 valence electrons. The molecule has 0 saturated carbocycles. The van der Waals surface area contributed by atoms with Crippen molar-refractivity contribution in [1.29, 1.82) is 0 Å². The summed E-state index contributed by atoms with van der Waals surface area (Å²) in [5.41, 5.74) is 0. The van der Waals surface area contributed by atoms with Gasteiger partial charge < -0.3 is 10.6 Å². The topological polar surface area (TPSA) is 41.1 Å². The molecule has 1 aromatic rings. The van der Waals surface area contributed by atoms with Gasteiger partial charge in [-0.1, -0.05) is 0 Å². The van der Waals surface area contributed by atoms with Gasteiger partial charge in [0.1, 0.15) is 0 Å². The van der Waals surface area contributed by atoms with Gasteiger partial charge in [-0.2, -0.15) is 0 Å². The molecular formula is C9H11BrN2OS. The second-order valence-corrected chi connectivity index (χ2v) is 5.16. The number of hydrogen-bond donors (Lipinski definition) is 2. The van der Waals surface area contributed by atoms with E-state index in [2.05, 4.69) is 26.6 Å². The Labute approximate surface area is 95.0 Å². The van der Waals surface area contributed by atoms with Gasteiger partial charge in [-0.15, -0.1) is 11.3 Å². The van der Waals surface area contributed by atoms with E-state index < -0.39 is 0 Å². The molecule has 1 fully saturated rings. The van der Waals surface area contributed by atoms with E-state index >= 15 is 0 Å². The van der Waals surface area contributed by atoms with Crippen LogP contribution in [0.1, 0.15) is 11.3 Å². The third-order valence-electron chi connectivity index (χ3n) is 2.20. The van der Waals surface area contributed by atoms with E-state index in [1.807, 2.05) is 11.4 Å². The van der Waals surface area contributed by atoms with Crippen molar-refractivity contribution in [2.45, 2.75) is 19.0 Å². The van der Waals surface area contributed by atoms with Crippen molar-refractivity contribution in [2.24, 2.45) is 0 Å². The molecule has 1 aliphatic rings. The molecule has 1 saturated heterocycles. The van der Waals surface area contributed by atoms with Crippen LogP contribution >= 0.6 is 27.3 Å². The van der Waals surface area contributed by atoms with Gasteiger partial charge in [-0.05, 0) is 35.0 Å². The van der Waals surface area contributed by atoms with E-state index in [-0.39, 0.29) is 11.9 Å². The summed E-state index contributed by atoms with van der Waals surface area (Å²) in [5, 5.41) is 7.99. The van der Waals surface area contributed by atoms with Crippen molar-refractivity contribution >= 4 is 33.2 Å². The van der Waals surface area contributed by atoms with Crippen molar-refractivity contribution in [3.05, 3.63) is 20.8 Å². The normalized spacial score (nSPS) is 20.2. The molecule has 1 atom stereocenters. The molecule has 2 N–H and O–H groups in total. The summed E-state index contributed by atoms with van der Waals surface area (Å²) >= 11 is 5.03. The van der Waals surface area contributed by atoms with Crippen LogP contribution < -0.4 is 10.6 Å². The highest BCUT2D eigenvalue weighted by atomic mass is 79.9. The second-order valence-electron chi connectivity index (χ2n) is 3.24. The zero-order valence-corrected chi connectivity index (χ0v) is 9.95. The Kier molecular flexibility index (Phi) is 3.20. The monoisotopic (exact) mass is 274 g/mol. The van der Waals surface area contributed by atoms with Crippen molar-refractivity contribution in [3.8, 4) is 0 Å². The van der Waals surface area contributed by atoms with E-state index in [4.69, 9.17) is 0 Å². The van der Waals surface area contributed by atoms with Crippen LogP contribution in [-0.2, 0) is 11.3 Å². The van der Waals surface area contributed by atoms with Gasteiger partial charge in [-0.3, -0.25) is 4.79 Å². The molecule has 0 bridgehead atoms. The second kappa shape index (κ2) is 4.42. The molecule has 5 heteroatoms. The first-order valence-corrected chi connectivity index (χ1v) is 6.17. The summed E-state index contributed by atoms with van der Waals surface area (Å²) in [4.78, 5) is 12.6. The summed E-state index contributed by atoms with van der Waals surface area (Å²) < 4.78 is 1.08. The van der Waals surface area contributed by atoms with Gasteiger partial charge in [0, 0.05) is 14.7 Å². The molecule has 14 heavy (non-hydrogen) atoms. The number of carbonyl (C=O) groups is 1. The van der Waals surface area contributed by atoms with Gasteiger partial charge >= 0.3 is 0 Å². The highest BCUT2D eigenvalue weighted by molar-refractivity contribution is 9.10.